The summed E-state index contributed by atoms with van der Waals surface area (Å²) in [5.74, 6) is 0. The minimum absolute atomic E-state index is 0.0791. The summed E-state index contributed by atoms with van der Waals surface area (Å²) in [5.41, 5.74) is 1.39. The molecule has 1 rings (SSSR count). The van der Waals surface area contributed by atoms with E-state index in [0.29, 0.717) is 14.5 Å². The van der Waals surface area contributed by atoms with Gasteiger partial charge in [0.2, 0.25) is 0 Å². The average molecular weight is 426 g/mol. The molecule has 1 aliphatic rings. The van der Waals surface area contributed by atoms with Crippen LogP contribution in [0.3, 0.4) is 0 Å². The Labute approximate surface area is 107 Å². The van der Waals surface area contributed by atoms with Crippen molar-refractivity contribution >= 4 is 63.7 Å². The molecule has 0 aromatic rings. The van der Waals surface area contributed by atoms with Crippen LogP contribution < -0.4 is 0 Å². The molecule has 0 heterocycles. The fourth-order valence-electron chi connectivity index (χ4n) is 1.21. The Hall–Kier alpha value is 1.66. The van der Waals surface area contributed by atoms with Crippen molar-refractivity contribution in [3.63, 3.8) is 0 Å². The van der Waals surface area contributed by atoms with Gasteiger partial charge < -0.3 is 0 Å². The maximum atomic E-state index is 3.67. The van der Waals surface area contributed by atoms with E-state index >= 15 is 0 Å². The molecule has 0 aromatic carbocycles. The summed E-state index contributed by atoms with van der Waals surface area (Å²) in [5, 5.41) is 0. The number of hydrogen-bond donors (Lipinski definition) is 0. The van der Waals surface area contributed by atoms with Gasteiger partial charge in [-0.1, -0.05) is 69.8 Å². The van der Waals surface area contributed by atoms with Crippen LogP contribution in [-0.2, 0) is 0 Å². The number of allylic oxidation sites excluding steroid dienone is 2. The highest BCUT2D eigenvalue weighted by Gasteiger charge is 2.38. The number of alkyl halides is 4. The molecule has 1 aliphatic carbocycles. The van der Waals surface area contributed by atoms with Crippen LogP contribution in [0.5, 0.6) is 0 Å². The first-order valence-electron chi connectivity index (χ1n) is 3.67. The van der Waals surface area contributed by atoms with Crippen molar-refractivity contribution in [3.05, 3.63) is 11.6 Å². The van der Waals surface area contributed by atoms with Crippen LogP contribution >= 0.6 is 63.7 Å². The van der Waals surface area contributed by atoms with Crippen LogP contribution in [-0.4, -0.2) is 18.8 Å². The molecule has 0 spiro atoms. The molecule has 0 N–H and O–H groups in total. The minimum Gasteiger partial charge on any atom is -0.0859 e. The minimum atomic E-state index is 0.0791. The van der Waals surface area contributed by atoms with Gasteiger partial charge in [0.25, 0.3) is 0 Å². The third-order valence-electron chi connectivity index (χ3n) is 1.91. The zero-order valence-electron chi connectivity index (χ0n) is 6.82. The Kier molecular flexibility index (Phi) is 3.94. The van der Waals surface area contributed by atoms with Crippen molar-refractivity contribution in [2.75, 3.05) is 0 Å². The second-order valence-electron chi connectivity index (χ2n) is 3.39. The van der Waals surface area contributed by atoms with Crippen LogP contribution in [0, 0.1) is 0 Å². The molecule has 0 amide bonds. The molecular formula is C8H10Br4. The lowest BCUT2D eigenvalue weighted by molar-refractivity contribution is 0.816. The normalized spacial score (nSPS) is 36.8. The van der Waals surface area contributed by atoms with Gasteiger partial charge in [0, 0.05) is 14.0 Å². The van der Waals surface area contributed by atoms with Gasteiger partial charge in [-0.3, -0.25) is 0 Å². The van der Waals surface area contributed by atoms with Gasteiger partial charge in [-0.2, -0.15) is 0 Å². The summed E-state index contributed by atoms with van der Waals surface area (Å²) < 4.78 is 0.0791. The van der Waals surface area contributed by atoms with Crippen LogP contribution in [0.2, 0.25) is 0 Å². The SMILES string of the molecule is CC(C)(Br)C1=CC(Br)C(Br)C1Br. The molecule has 12 heavy (non-hydrogen) atoms. The van der Waals surface area contributed by atoms with Crippen molar-refractivity contribution in [2.24, 2.45) is 0 Å². The molecule has 4 heteroatoms. The van der Waals surface area contributed by atoms with Crippen molar-refractivity contribution in [1.29, 1.82) is 0 Å². The number of rotatable bonds is 1. The second-order valence-corrected chi connectivity index (χ2v) is 8.47. The molecule has 70 valence electrons. The van der Waals surface area contributed by atoms with E-state index in [1.54, 1.807) is 0 Å². The Bertz CT molecular complexity index is 204. The highest BCUT2D eigenvalue weighted by atomic mass is 79.9. The van der Waals surface area contributed by atoms with Gasteiger partial charge in [0.05, 0.1) is 4.83 Å². The molecule has 0 saturated heterocycles. The number of halogens is 4. The summed E-state index contributed by atoms with van der Waals surface area (Å²) in [7, 11) is 0. The first-order chi connectivity index (χ1) is 5.34. The third kappa shape index (κ3) is 2.37. The smallest absolute Gasteiger partial charge is 0.0507 e. The summed E-state index contributed by atoms with van der Waals surface area (Å²) in [6, 6.07) is 0. The lowest BCUT2D eigenvalue weighted by Crippen LogP contribution is -2.23. The van der Waals surface area contributed by atoms with E-state index in [2.05, 4.69) is 83.6 Å². The second kappa shape index (κ2) is 4.03. The van der Waals surface area contributed by atoms with E-state index in [1.165, 1.54) is 5.57 Å². The van der Waals surface area contributed by atoms with Crippen LogP contribution in [0.4, 0.5) is 0 Å². The maximum absolute atomic E-state index is 3.67. The predicted molar refractivity (Wildman–Crippen MR) is 69.2 cm³/mol. The van der Waals surface area contributed by atoms with Gasteiger partial charge in [0.1, 0.15) is 0 Å². The van der Waals surface area contributed by atoms with E-state index in [4.69, 9.17) is 0 Å². The van der Waals surface area contributed by atoms with E-state index in [9.17, 15) is 0 Å². The van der Waals surface area contributed by atoms with Gasteiger partial charge in [0.15, 0.2) is 0 Å². The monoisotopic (exact) mass is 422 g/mol. The van der Waals surface area contributed by atoms with E-state index in [0.717, 1.165) is 0 Å². The Balaban J connectivity index is 2.87. The molecule has 0 aliphatic heterocycles. The lowest BCUT2D eigenvalue weighted by atomic mass is 10.0. The first kappa shape index (κ1) is 11.7. The van der Waals surface area contributed by atoms with Crippen molar-refractivity contribution in [3.8, 4) is 0 Å². The Morgan fingerprint density at radius 2 is 1.75 bits per heavy atom. The summed E-state index contributed by atoms with van der Waals surface area (Å²) in [6.45, 7) is 4.33. The largest absolute Gasteiger partial charge is 0.0859 e. The van der Waals surface area contributed by atoms with Gasteiger partial charge in [-0.05, 0) is 19.4 Å². The van der Waals surface area contributed by atoms with Gasteiger partial charge in [-0.25, -0.2) is 0 Å². The van der Waals surface area contributed by atoms with E-state index < -0.39 is 0 Å². The molecule has 3 atom stereocenters. The van der Waals surface area contributed by atoms with Crippen molar-refractivity contribution in [2.45, 2.75) is 32.7 Å². The maximum Gasteiger partial charge on any atom is 0.0507 e. The van der Waals surface area contributed by atoms with Gasteiger partial charge in [-0.15, -0.1) is 0 Å². The average Bonchev–Trinajstić information content (AvgIpc) is 2.15. The van der Waals surface area contributed by atoms with E-state index in [1.807, 2.05) is 0 Å². The molecule has 0 bridgehead atoms. The summed E-state index contributed by atoms with van der Waals surface area (Å²) >= 11 is 14.6. The standard InChI is InChI=1S/C8H10Br4/c1-8(2,12)4-3-5(9)7(11)6(4)10/h3,5-7H,1-2H3. The third-order valence-corrected chi connectivity index (χ3v) is 6.78. The zero-order valence-corrected chi connectivity index (χ0v) is 13.2. The number of hydrogen-bond acceptors (Lipinski definition) is 0. The van der Waals surface area contributed by atoms with E-state index in [-0.39, 0.29) is 4.32 Å². The van der Waals surface area contributed by atoms with Crippen molar-refractivity contribution < 1.29 is 0 Å². The lowest BCUT2D eigenvalue weighted by Gasteiger charge is -2.22. The predicted octanol–water partition coefficient (Wildman–Crippen LogP) is 4.39. The van der Waals surface area contributed by atoms with Crippen LogP contribution in [0.15, 0.2) is 11.6 Å². The van der Waals surface area contributed by atoms with Crippen LogP contribution in [0.1, 0.15) is 13.8 Å². The fourth-order valence-corrected chi connectivity index (χ4v) is 4.39. The quantitative estimate of drug-likeness (QED) is 0.432. The first-order valence-corrected chi connectivity index (χ1v) is 7.21. The highest BCUT2D eigenvalue weighted by Crippen LogP contribution is 2.43. The Morgan fingerprint density at radius 3 is 1.92 bits per heavy atom. The van der Waals surface area contributed by atoms with Crippen molar-refractivity contribution in [1.82, 2.24) is 0 Å². The van der Waals surface area contributed by atoms with Crippen LogP contribution in [0.25, 0.3) is 0 Å². The molecule has 0 radical (unpaired) electrons. The summed E-state index contributed by atoms with van der Waals surface area (Å²) in [6.07, 6.45) is 2.26. The molecule has 3 unspecified atom stereocenters. The fraction of sp³-hybridized carbons (Fsp3) is 0.750. The molecular weight excluding hydrogens is 416 g/mol. The molecule has 0 fully saturated rings. The summed E-state index contributed by atoms with van der Waals surface area (Å²) in [4.78, 5) is 1.29. The molecule has 0 nitrogen and oxygen atoms in total. The highest BCUT2D eigenvalue weighted by molar-refractivity contribution is 9.14. The Morgan fingerprint density at radius 1 is 1.25 bits per heavy atom. The zero-order chi connectivity index (χ0) is 9.52. The molecule has 0 aromatic heterocycles. The topological polar surface area (TPSA) is 0 Å². The molecule has 0 saturated carbocycles. The van der Waals surface area contributed by atoms with Gasteiger partial charge >= 0.3 is 0 Å².